The Balaban J connectivity index is 1.76. The highest BCUT2D eigenvalue weighted by Gasteiger charge is 2.18. The van der Waals surface area contributed by atoms with Crippen molar-refractivity contribution in [2.24, 2.45) is 0 Å². The predicted octanol–water partition coefficient (Wildman–Crippen LogP) is 4.31. The van der Waals surface area contributed by atoms with Crippen molar-refractivity contribution in [3.8, 4) is 0 Å². The summed E-state index contributed by atoms with van der Waals surface area (Å²) in [6.45, 7) is 4.43. The molecule has 0 atom stereocenters. The topological polar surface area (TPSA) is 76.9 Å². The van der Waals surface area contributed by atoms with E-state index >= 15 is 0 Å². The number of fused-ring (bicyclic) bond motifs is 2. The molecule has 0 fully saturated rings. The normalized spacial score (nSPS) is 11.2. The molecule has 0 saturated heterocycles. The Bertz CT molecular complexity index is 1280. The standard InChI is InChI=1S/C20H18N4O2S2/c1-4-24-10-13(17(25)12-9-8-11(2)21-18(12)24)19(26)23-20-22-16-14(27-3)6-5-7-15(16)28-20/h5-10H,4H2,1-3H3,(H,22,23,26). The van der Waals surface area contributed by atoms with Gasteiger partial charge in [-0.1, -0.05) is 17.4 Å². The number of carbonyl (C=O) groups is 1. The SMILES string of the molecule is CCn1cc(C(=O)Nc2nc3c(SC)cccc3s2)c(=O)c2ccc(C)nc21. The van der Waals surface area contributed by atoms with Crippen LogP contribution >= 0.6 is 23.1 Å². The maximum absolute atomic E-state index is 12.9. The largest absolute Gasteiger partial charge is 0.332 e. The molecule has 0 aliphatic heterocycles. The van der Waals surface area contributed by atoms with Gasteiger partial charge < -0.3 is 4.57 Å². The lowest BCUT2D eigenvalue weighted by Gasteiger charge is -2.11. The quantitative estimate of drug-likeness (QED) is 0.507. The molecule has 1 aromatic carbocycles. The molecule has 142 valence electrons. The van der Waals surface area contributed by atoms with Gasteiger partial charge in [-0.15, -0.1) is 11.8 Å². The van der Waals surface area contributed by atoms with Crippen LogP contribution in [-0.2, 0) is 6.54 Å². The first kappa shape index (κ1) is 18.6. The zero-order chi connectivity index (χ0) is 19.8. The number of benzene rings is 1. The molecule has 0 unspecified atom stereocenters. The predicted molar refractivity (Wildman–Crippen MR) is 116 cm³/mol. The van der Waals surface area contributed by atoms with Crippen molar-refractivity contribution in [2.45, 2.75) is 25.3 Å². The molecular weight excluding hydrogens is 392 g/mol. The van der Waals surface area contributed by atoms with Crippen LogP contribution < -0.4 is 10.7 Å². The Morgan fingerprint density at radius 1 is 1.25 bits per heavy atom. The minimum atomic E-state index is -0.459. The number of thiazole rings is 1. The fourth-order valence-electron chi connectivity index (χ4n) is 3.07. The van der Waals surface area contributed by atoms with Crippen molar-refractivity contribution >= 4 is 55.4 Å². The maximum atomic E-state index is 12.9. The number of aromatic nitrogens is 3. The van der Waals surface area contributed by atoms with E-state index in [2.05, 4.69) is 15.3 Å². The van der Waals surface area contributed by atoms with Crippen LogP contribution in [0.15, 0.2) is 46.2 Å². The number of rotatable bonds is 4. The van der Waals surface area contributed by atoms with E-state index in [1.807, 2.05) is 42.9 Å². The molecule has 3 heterocycles. The second-order valence-electron chi connectivity index (χ2n) is 6.26. The van der Waals surface area contributed by atoms with E-state index in [1.54, 1.807) is 30.1 Å². The average Bonchev–Trinajstić information content (AvgIpc) is 3.10. The first-order valence-corrected chi connectivity index (χ1v) is 10.8. The number of hydrogen-bond donors (Lipinski definition) is 1. The number of para-hydroxylation sites is 1. The van der Waals surface area contributed by atoms with Gasteiger partial charge in [-0.3, -0.25) is 14.9 Å². The molecule has 0 bridgehead atoms. The van der Waals surface area contributed by atoms with Gasteiger partial charge >= 0.3 is 0 Å². The highest BCUT2D eigenvalue weighted by molar-refractivity contribution is 7.98. The van der Waals surface area contributed by atoms with Crippen LogP contribution in [0.5, 0.6) is 0 Å². The summed E-state index contributed by atoms with van der Waals surface area (Å²) in [7, 11) is 0. The molecule has 4 rings (SSSR count). The number of nitrogens with zero attached hydrogens (tertiary/aromatic N) is 3. The van der Waals surface area contributed by atoms with Crippen molar-refractivity contribution in [1.82, 2.24) is 14.5 Å². The molecular formula is C20H18N4O2S2. The van der Waals surface area contributed by atoms with E-state index < -0.39 is 5.91 Å². The van der Waals surface area contributed by atoms with Gasteiger partial charge in [0, 0.05) is 23.3 Å². The Labute approximate surface area is 169 Å². The van der Waals surface area contributed by atoms with Crippen molar-refractivity contribution in [3.63, 3.8) is 0 Å². The van der Waals surface area contributed by atoms with E-state index in [-0.39, 0.29) is 11.0 Å². The molecule has 28 heavy (non-hydrogen) atoms. The lowest BCUT2D eigenvalue weighted by atomic mass is 10.1. The second-order valence-corrected chi connectivity index (χ2v) is 8.14. The van der Waals surface area contributed by atoms with Crippen LogP contribution in [0, 0.1) is 6.92 Å². The van der Waals surface area contributed by atoms with Crippen molar-refractivity contribution in [1.29, 1.82) is 0 Å². The zero-order valence-electron chi connectivity index (χ0n) is 15.6. The van der Waals surface area contributed by atoms with Crippen molar-refractivity contribution in [3.05, 3.63) is 58.0 Å². The number of aryl methyl sites for hydroxylation is 2. The summed E-state index contributed by atoms with van der Waals surface area (Å²) in [6, 6.07) is 9.44. The van der Waals surface area contributed by atoms with Crippen LogP contribution in [0.2, 0.25) is 0 Å². The van der Waals surface area contributed by atoms with E-state index in [4.69, 9.17) is 0 Å². The number of hydrogen-bond acceptors (Lipinski definition) is 6. The summed E-state index contributed by atoms with van der Waals surface area (Å²) >= 11 is 3.00. The van der Waals surface area contributed by atoms with Gasteiger partial charge in [0.05, 0.1) is 15.6 Å². The van der Waals surface area contributed by atoms with Gasteiger partial charge in [-0.25, -0.2) is 9.97 Å². The summed E-state index contributed by atoms with van der Waals surface area (Å²) in [5, 5.41) is 3.71. The molecule has 3 aromatic heterocycles. The van der Waals surface area contributed by atoms with E-state index in [0.717, 1.165) is 20.8 Å². The highest BCUT2D eigenvalue weighted by Crippen LogP contribution is 2.32. The minimum absolute atomic E-state index is 0.0874. The first-order chi connectivity index (χ1) is 13.5. The average molecular weight is 411 g/mol. The summed E-state index contributed by atoms with van der Waals surface area (Å²) in [6.07, 6.45) is 3.57. The first-order valence-electron chi connectivity index (χ1n) is 8.77. The molecule has 1 N–H and O–H groups in total. The Hall–Kier alpha value is -2.71. The van der Waals surface area contributed by atoms with Gasteiger partial charge in [0.1, 0.15) is 11.2 Å². The van der Waals surface area contributed by atoms with Crippen LogP contribution in [0.25, 0.3) is 21.3 Å². The molecule has 0 spiro atoms. The number of carbonyl (C=O) groups excluding carboxylic acids is 1. The molecule has 0 aliphatic rings. The summed E-state index contributed by atoms with van der Waals surface area (Å²) in [5.74, 6) is -0.459. The van der Waals surface area contributed by atoms with E-state index in [1.165, 1.54) is 11.3 Å². The molecule has 8 heteroatoms. The van der Waals surface area contributed by atoms with Crippen molar-refractivity contribution in [2.75, 3.05) is 11.6 Å². The Kier molecular flexibility index (Phi) is 4.91. The molecule has 4 aromatic rings. The van der Waals surface area contributed by atoms with Gasteiger partial charge in [0.15, 0.2) is 5.13 Å². The number of anilines is 1. The van der Waals surface area contributed by atoms with E-state index in [0.29, 0.717) is 22.7 Å². The molecule has 1 amide bonds. The monoisotopic (exact) mass is 410 g/mol. The zero-order valence-corrected chi connectivity index (χ0v) is 17.3. The van der Waals surface area contributed by atoms with Crippen molar-refractivity contribution < 1.29 is 4.79 Å². The van der Waals surface area contributed by atoms with Crippen LogP contribution in [0.4, 0.5) is 5.13 Å². The second kappa shape index (κ2) is 7.37. The highest BCUT2D eigenvalue weighted by atomic mass is 32.2. The number of nitrogens with one attached hydrogen (secondary N) is 1. The molecule has 6 nitrogen and oxygen atoms in total. The fourth-order valence-corrected chi connectivity index (χ4v) is 4.58. The van der Waals surface area contributed by atoms with Crippen LogP contribution in [0.3, 0.4) is 0 Å². The van der Waals surface area contributed by atoms with E-state index in [9.17, 15) is 9.59 Å². The third kappa shape index (κ3) is 3.18. The lowest BCUT2D eigenvalue weighted by Crippen LogP contribution is -2.24. The fraction of sp³-hybridized carbons (Fsp3) is 0.200. The molecule has 0 saturated carbocycles. The number of thioether (sulfide) groups is 1. The third-order valence-electron chi connectivity index (χ3n) is 4.47. The molecule has 0 aliphatic carbocycles. The van der Waals surface area contributed by atoms with Gasteiger partial charge in [0.2, 0.25) is 5.43 Å². The lowest BCUT2D eigenvalue weighted by molar-refractivity contribution is 0.102. The molecule has 0 radical (unpaired) electrons. The summed E-state index contributed by atoms with van der Waals surface area (Å²) in [4.78, 5) is 35.8. The van der Waals surface area contributed by atoms with Gasteiger partial charge in [-0.05, 0) is 44.4 Å². The summed E-state index contributed by atoms with van der Waals surface area (Å²) in [5.41, 5.74) is 2.04. The smallest absolute Gasteiger partial charge is 0.262 e. The van der Waals surface area contributed by atoms with Crippen LogP contribution in [-0.4, -0.2) is 26.7 Å². The van der Waals surface area contributed by atoms with Gasteiger partial charge in [0.25, 0.3) is 5.91 Å². The van der Waals surface area contributed by atoms with Crippen LogP contribution in [0.1, 0.15) is 23.0 Å². The van der Waals surface area contributed by atoms with Gasteiger partial charge in [-0.2, -0.15) is 0 Å². The number of pyridine rings is 2. The Morgan fingerprint density at radius 2 is 2.07 bits per heavy atom. The third-order valence-corrected chi connectivity index (χ3v) is 6.17. The maximum Gasteiger partial charge on any atom is 0.262 e. The number of amides is 1. The summed E-state index contributed by atoms with van der Waals surface area (Å²) < 4.78 is 2.81. The Morgan fingerprint density at radius 3 is 2.82 bits per heavy atom. The minimum Gasteiger partial charge on any atom is -0.332 e.